The van der Waals surface area contributed by atoms with Crippen LogP contribution >= 0.6 is 0 Å². The van der Waals surface area contributed by atoms with E-state index in [2.05, 4.69) is 22.4 Å². The third-order valence-electron chi connectivity index (χ3n) is 5.13. The predicted molar refractivity (Wildman–Crippen MR) is 89.2 cm³/mol. The van der Waals surface area contributed by atoms with E-state index in [1.54, 1.807) is 6.20 Å². The molecule has 0 radical (unpaired) electrons. The number of nitrogens with one attached hydrogen (secondary N) is 1. The lowest BCUT2D eigenvalue weighted by molar-refractivity contribution is 0.0929. The molecule has 1 unspecified atom stereocenters. The number of aryl methyl sites for hydroxylation is 3. The Labute approximate surface area is 136 Å². The molecular weight excluding hydrogens is 286 g/mol. The van der Waals surface area contributed by atoms with E-state index in [0.717, 1.165) is 24.2 Å². The average Bonchev–Trinajstić information content (AvgIpc) is 3.33. The molecule has 1 amide bonds. The van der Waals surface area contributed by atoms with Crippen LogP contribution in [-0.2, 0) is 19.9 Å². The predicted octanol–water partition coefficient (Wildman–Crippen LogP) is 3.18. The van der Waals surface area contributed by atoms with Crippen LogP contribution in [0.3, 0.4) is 0 Å². The number of hydrogen-bond donors (Lipinski definition) is 1. The zero-order valence-electron chi connectivity index (χ0n) is 13.6. The first-order valence-electron chi connectivity index (χ1n) is 8.62. The van der Waals surface area contributed by atoms with Crippen molar-refractivity contribution in [3.8, 4) is 0 Å². The van der Waals surface area contributed by atoms with Crippen LogP contribution in [0.25, 0.3) is 0 Å². The van der Waals surface area contributed by atoms with Gasteiger partial charge in [0.05, 0.1) is 6.04 Å². The normalized spacial score (nSPS) is 18.3. The highest BCUT2D eigenvalue weighted by molar-refractivity contribution is 5.94. The van der Waals surface area contributed by atoms with Gasteiger partial charge in [0.1, 0.15) is 5.82 Å². The van der Waals surface area contributed by atoms with E-state index in [9.17, 15) is 4.79 Å². The van der Waals surface area contributed by atoms with Gasteiger partial charge in [-0.25, -0.2) is 4.98 Å². The summed E-state index contributed by atoms with van der Waals surface area (Å²) in [5.41, 5.74) is 3.55. The highest BCUT2D eigenvalue weighted by atomic mass is 16.1. The van der Waals surface area contributed by atoms with Crippen LogP contribution in [0.5, 0.6) is 0 Å². The molecule has 0 saturated heterocycles. The number of aromatic nitrogens is 2. The first-order chi connectivity index (χ1) is 11.2. The summed E-state index contributed by atoms with van der Waals surface area (Å²) >= 11 is 0. The maximum Gasteiger partial charge on any atom is 0.251 e. The third kappa shape index (κ3) is 2.90. The summed E-state index contributed by atoms with van der Waals surface area (Å²) in [5.74, 6) is 1.51. The molecule has 120 valence electrons. The van der Waals surface area contributed by atoms with E-state index < -0.39 is 0 Å². The molecule has 23 heavy (non-hydrogen) atoms. The van der Waals surface area contributed by atoms with Crippen molar-refractivity contribution in [2.45, 2.75) is 44.6 Å². The highest BCUT2D eigenvalue weighted by Crippen LogP contribution is 2.40. The van der Waals surface area contributed by atoms with Crippen molar-refractivity contribution >= 4 is 5.91 Å². The standard InChI is InChI=1S/C19H23N3O/c1-22-11-10-20-18(22)17(14-7-8-14)21-19(23)16-9-6-13-4-2-3-5-15(13)12-16/h6,9-12,14,17H,2-5,7-8H2,1H3,(H,21,23). The first kappa shape index (κ1) is 14.5. The van der Waals surface area contributed by atoms with Crippen LogP contribution in [0.1, 0.15) is 59.0 Å². The molecule has 0 aliphatic heterocycles. The summed E-state index contributed by atoms with van der Waals surface area (Å²) in [6.07, 6.45) is 10.8. The number of nitrogens with zero attached hydrogens (tertiary/aromatic N) is 2. The number of benzene rings is 1. The number of imidazole rings is 1. The second-order valence-corrected chi connectivity index (χ2v) is 6.88. The molecule has 1 saturated carbocycles. The molecule has 1 fully saturated rings. The summed E-state index contributed by atoms with van der Waals surface area (Å²) in [7, 11) is 1.99. The Balaban J connectivity index is 1.55. The number of fused-ring (bicyclic) bond motifs is 1. The van der Waals surface area contributed by atoms with Crippen molar-refractivity contribution < 1.29 is 4.79 Å². The van der Waals surface area contributed by atoms with Crippen LogP contribution in [-0.4, -0.2) is 15.5 Å². The topological polar surface area (TPSA) is 46.9 Å². The fraction of sp³-hybridized carbons (Fsp3) is 0.474. The summed E-state index contributed by atoms with van der Waals surface area (Å²) in [6, 6.07) is 6.23. The third-order valence-corrected chi connectivity index (χ3v) is 5.13. The average molecular weight is 309 g/mol. The molecule has 2 aliphatic carbocycles. The fourth-order valence-corrected chi connectivity index (χ4v) is 3.60. The van der Waals surface area contributed by atoms with Crippen molar-refractivity contribution in [2.24, 2.45) is 13.0 Å². The molecule has 0 bridgehead atoms. The quantitative estimate of drug-likeness (QED) is 0.943. The lowest BCUT2D eigenvalue weighted by Crippen LogP contribution is -2.31. The molecule has 4 rings (SSSR count). The summed E-state index contributed by atoms with van der Waals surface area (Å²) < 4.78 is 2.01. The van der Waals surface area contributed by atoms with E-state index in [1.165, 1.54) is 36.8 Å². The van der Waals surface area contributed by atoms with Crippen LogP contribution in [0.4, 0.5) is 0 Å². The molecule has 4 heteroatoms. The second-order valence-electron chi connectivity index (χ2n) is 6.88. The number of carbonyl (C=O) groups excluding carboxylic acids is 1. The Morgan fingerprint density at radius 3 is 2.74 bits per heavy atom. The highest BCUT2D eigenvalue weighted by Gasteiger charge is 2.35. The van der Waals surface area contributed by atoms with E-state index in [1.807, 2.05) is 23.9 Å². The largest absolute Gasteiger partial charge is 0.342 e. The summed E-state index contributed by atoms with van der Waals surface area (Å²) in [6.45, 7) is 0. The number of rotatable bonds is 4. The number of carbonyl (C=O) groups is 1. The first-order valence-corrected chi connectivity index (χ1v) is 8.62. The van der Waals surface area contributed by atoms with E-state index in [-0.39, 0.29) is 11.9 Å². The number of amides is 1. The van der Waals surface area contributed by atoms with E-state index >= 15 is 0 Å². The zero-order chi connectivity index (χ0) is 15.8. The molecule has 1 aromatic heterocycles. The van der Waals surface area contributed by atoms with Gasteiger partial charge in [-0.3, -0.25) is 4.79 Å². The molecule has 2 aliphatic rings. The summed E-state index contributed by atoms with van der Waals surface area (Å²) in [4.78, 5) is 17.2. The minimum atomic E-state index is 0.0262. The van der Waals surface area contributed by atoms with Crippen molar-refractivity contribution in [3.05, 3.63) is 53.1 Å². The maximum absolute atomic E-state index is 12.7. The Morgan fingerprint density at radius 2 is 2.04 bits per heavy atom. The van der Waals surface area contributed by atoms with Gasteiger partial charge < -0.3 is 9.88 Å². The van der Waals surface area contributed by atoms with E-state index in [4.69, 9.17) is 0 Å². The molecule has 1 heterocycles. The van der Waals surface area contributed by atoms with Crippen molar-refractivity contribution in [1.82, 2.24) is 14.9 Å². The minimum Gasteiger partial charge on any atom is -0.342 e. The smallest absolute Gasteiger partial charge is 0.251 e. The van der Waals surface area contributed by atoms with Crippen LogP contribution in [0.15, 0.2) is 30.6 Å². The maximum atomic E-state index is 12.7. The minimum absolute atomic E-state index is 0.0262. The van der Waals surface area contributed by atoms with Crippen LogP contribution in [0, 0.1) is 5.92 Å². The number of hydrogen-bond acceptors (Lipinski definition) is 2. The van der Waals surface area contributed by atoms with Gasteiger partial charge in [0, 0.05) is 25.0 Å². The SMILES string of the molecule is Cn1ccnc1C(NC(=O)c1ccc2c(c1)CCCC2)C1CC1. The Morgan fingerprint density at radius 1 is 1.26 bits per heavy atom. The lowest BCUT2D eigenvalue weighted by atomic mass is 9.90. The Hall–Kier alpha value is -2.10. The van der Waals surface area contributed by atoms with Crippen LogP contribution in [0.2, 0.25) is 0 Å². The van der Waals surface area contributed by atoms with Gasteiger partial charge in [-0.15, -0.1) is 0 Å². The van der Waals surface area contributed by atoms with Gasteiger partial charge in [0.2, 0.25) is 0 Å². The van der Waals surface area contributed by atoms with Gasteiger partial charge >= 0.3 is 0 Å². The second kappa shape index (κ2) is 5.84. The molecule has 1 N–H and O–H groups in total. The molecule has 1 aromatic carbocycles. The summed E-state index contributed by atoms with van der Waals surface area (Å²) in [5, 5.41) is 3.22. The van der Waals surface area contributed by atoms with Gasteiger partial charge in [-0.05, 0) is 67.7 Å². The lowest BCUT2D eigenvalue weighted by Gasteiger charge is -2.20. The molecular formula is C19H23N3O. The molecule has 0 spiro atoms. The van der Waals surface area contributed by atoms with Crippen LogP contribution < -0.4 is 5.32 Å². The van der Waals surface area contributed by atoms with Crippen molar-refractivity contribution in [2.75, 3.05) is 0 Å². The van der Waals surface area contributed by atoms with Gasteiger partial charge in [0.15, 0.2) is 0 Å². The van der Waals surface area contributed by atoms with Gasteiger partial charge in [-0.1, -0.05) is 6.07 Å². The Kier molecular flexibility index (Phi) is 3.68. The van der Waals surface area contributed by atoms with Crippen molar-refractivity contribution in [1.29, 1.82) is 0 Å². The van der Waals surface area contributed by atoms with Gasteiger partial charge in [-0.2, -0.15) is 0 Å². The molecule has 1 atom stereocenters. The fourth-order valence-electron chi connectivity index (χ4n) is 3.60. The monoisotopic (exact) mass is 309 g/mol. The Bertz CT molecular complexity index is 730. The van der Waals surface area contributed by atoms with E-state index in [0.29, 0.717) is 5.92 Å². The zero-order valence-corrected chi connectivity index (χ0v) is 13.6. The van der Waals surface area contributed by atoms with Crippen molar-refractivity contribution in [3.63, 3.8) is 0 Å². The van der Waals surface area contributed by atoms with Gasteiger partial charge in [0.25, 0.3) is 5.91 Å². The molecule has 2 aromatic rings. The molecule has 4 nitrogen and oxygen atoms in total.